The summed E-state index contributed by atoms with van der Waals surface area (Å²) < 4.78 is 10.3. The number of hydrogen-bond acceptors (Lipinski definition) is 5. The molecule has 2 aromatic rings. The molecule has 0 saturated heterocycles. The van der Waals surface area contributed by atoms with Crippen molar-refractivity contribution in [1.29, 1.82) is 0 Å². The van der Waals surface area contributed by atoms with E-state index in [1.807, 2.05) is 0 Å². The predicted molar refractivity (Wildman–Crippen MR) is 75.4 cm³/mol. The van der Waals surface area contributed by atoms with Crippen LogP contribution in [-0.2, 0) is 11.3 Å². The minimum Gasteiger partial charge on any atom is -0.440 e. The minimum atomic E-state index is 0.669. The zero-order valence-electron chi connectivity index (χ0n) is 11.2. The smallest absolute Gasteiger partial charge is 0.260 e. The van der Waals surface area contributed by atoms with Crippen molar-refractivity contribution in [3.63, 3.8) is 0 Å². The molecule has 1 aromatic heterocycles. The van der Waals surface area contributed by atoms with Gasteiger partial charge in [-0.1, -0.05) is 17.7 Å². The van der Waals surface area contributed by atoms with Crippen molar-refractivity contribution in [2.75, 3.05) is 20.3 Å². The van der Waals surface area contributed by atoms with Crippen LogP contribution in [0.5, 0.6) is 0 Å². The van der Waals surface area contributed by atoms with Crippen LogP contribution < -0.4 is 5.32 Å². The molecule has 19 heavy (non-hydrogen) atoms. The van der Waals surface area contributed by atoms with Crippen LogP contribution in [0, 0.1) is 6.92 Å². The first-order valence-electron chi connectivity index (χ1n) is 6.16. The molecular weight excluding hydrogens is 260 g/mol. The van der Waals surface area contributed by atoms with Gasteiger partial charge in [-0.2, -0.15) is 0 Å². The van der Waals surface area contributed by atoms with E-state index in [0.717, 1.165) is 18.0 Å². The summed E-state index contributed by atoms with van der Waals surface area (Å²) in [5.41, 5.74) is 2.50. The SMILES string of the molecule is COCCNCc1cc(C)ccc1Sc1ncco1. The topological polar surface area (TPSA) is 47.3 Å². The van der Waals surface area contributed by atoms with E-state index < -0.39 is 0 Å². The van der Waals surface area contributed by atoms with Crippen molar-refractivity contribution in [1.82, 2.24) is 10.3 Å². The molecule has 0 radical (unpaired) electrons. The second-order valence-corrected chi connectivity index (χ2v) is 5.17. The number of nitrogens with zero attached hydrogens (tertiary/aromatic N) is 1. The van der Waals surface area contributed by atoms with E-state index in [1.165, 1.54) is 11.1 Å². The summed E-state index contributed by atoms with van der Waals surface area (Å²) in [6.07, 6.45) is 3.25. The van der Waals surface area contributed by atoms with E-state index in [9.17, 15) is 0 Å². The number of rotatable bonds is 7. The quantitative estimate of drug-likeness (QED) is 0.789. The first-order valence-corrected chi connectivity index (χ1v) is 6.98. The second kappa shape index (κ2) is 7.33. The Balaban J connectivity index is 2.04. The lowest BCUT2D eigenvalue weighted by atomic mass is 10.1. The summed E-state index contributed by atoms with van der Waals surface area (Å²) in [6, 6.07) is 6.40. The van der Waals surface area contributed by atoms with Crippen LogP contribution in [0.2, 0.25) is 0 Å². The molecule has 0 aliphatic rings. The highest BCUT2D eigenvalue weighted by Crippen LogP contribution is 2.29. The Bertz CT molecular complexity index is 500. The van der Waals surface area contributed by atoms with Gasteiger partial charge < -0.3 is 14.5 Å². The Labute approximate surface area is 117 Å². The molecule has 4 nitrogen and oxygen atoms in total. The van der Waals surface area contributed by atoms with Gasteiger partial charge in [-0.3, -0.25) is 0 Å². The predicted octanol–water partition coefficient (Wildman–Crippen LogP) is 2.87. The zero-order chi connectivity index (χ0) is 13.5. The fraction of sp³-hybridized carbons (Fsp3) is 0.357. The maximum Gasteiger partial charge on any atom is 0.260 e. The van der Waals surface area contributed by atoms with Gasteiger partial charge in [-0.25, -0.2) is 4.98 Å². The molecule has 0 bridgehead atoms. The Morgan fingerprint density at radius 1 is 1.42 bits per heavy atom. The first-order chi connectivity index (χ1) is 9.29. The molecule has 0 spiro atoms. The maximum atomic E-state index is 5.28. The molecule has 0 saturated carbocycles. The average molecular weight is 278 g/mol. The molecule has 1 N–H and O–H groups in total. The number of nitrogens with one attached hydrogen (secondary N) is 1. The van der Waals surface area contributed by atoms with E-state index in [2.05, 4.69) is 35.4 Å². The first kappa shape index (κ1) is 14.1. The van der Waals surface area contributed by atoms with Crippen LogP contribution in [-0.4, -0.2) is 25.2 Å². The third-order valence-corrected chi connectivity index (χ3v) is 3.62. The van der Waals surface area contributed by atoms with Crippen molar-refractivity contribution in [3.05, 3.63) is 41.8 Å². The van der Waals surface area contributed by atoms with Crippen molar-refractivity contribution >= 4 is 11.8 Å². The summed E-state index contributed by atoms with van der Waals surface area (Å²) in [6.45, 7) is 4.47. The molecule has 1 heterocycles. The highest BCUT2D eigenvalue weighted by atomic mass is 32.2. The molecular formula is C14H18N2O2S. The van der Waals surface area contributed by atoms with Gasteiger partial charge >= 0.3 is 0 Å². The molecule has 1 aromatic carbocycles. The molecule has 0 fully saturated rings. The number of aryl methyl sites for hydroxylation is 1. The monoisotopic (exact) mass is 278 g/mol. The number of oxazole rings is 1. The number of aromatic nitrogens is 1. The summed E-state index contributed by atoms with van der Waals surface area (Å²) in [5.74, 6) is 0. The molecule has 2 rings (SSSR count). The Morgan fingerprint density at radius 2 is 2.32 bits per heavy atom. The maximum absolute atomic E-state index is 5.28. The van der Waals surface area contributed by atoms with E-state index in [1.54, 1.807) is 31.3 Å². The average Bonchev–Trinajstić information content (AvgIpc) is 2.90. The largest absolute Gasteiger partial charge is 0.440 e. The Morgan fingerprint density at radius 3 is 3.05 bits per heavy atom. The van der Waals surface area contributed by atoms with Crippen LogP contribution in [0.1, 0.15) is 11.1 Å². The van der Waals surface area contributed by atoms with Crippen molar-refractivity contribution in [2.24, 2.45) is 0 Å². The van der Waals surface area contributed by atoms with Gasteiger partial charge in [-0.15, -0.1) is 0 Å². The molecule has 5 heteroatoms. The standard InChI is InChI=1S/C14H18N2O2S/c1-11-3-4-13(19-14-16-6-8-18-14)12(9-11)10-15-5-7-17-2/h3-4,6,8-9,15H,5,7,10H2,1-2H3. The molecule has 0 unspecified atom stereocenters. The Hall–Kier alpha value is -1.30. The summed E-state index contributed by atoms with van der Waals surface area (Å²) in [7, 11) is 1.71. The van der Waals surface area contributed by atoms with Gasteiger partial charge in [0, 0.05) is 25.1 Å². The van der Waals surface area contributed by atoms with Gasteiger partial charge in [0.05, 0.1) is 12.8 Å². The van der Waals surface area contributed by atoms with Gasteiger partial charge in [-0.05, 0) is 30.3 Å². The zero-order valence-corrected chi connectivity index (χ0v) is 12.0. The Kier molecular flexibility index (Phi) is 5.44. The van der Waals surface area contributed by atoms with Gasteiger partial charge in [0.15, 0.2) is 0 Å². The molecule has 0 atom stereocenters. The fourth-order valence-corrected chi connectivity index (χ4v) is 2.50. The van der Waals surface area contributed by atoms with Gasteiger partial charge in [0.25, 0.3) is 5.22 Å². The van der Waals surface area contributed by atoms with Crippen LogP contribution in [0.25, 0.3) is 0 Å². The normalized spacial score (nSPS) is 10.8. The number of hydrogen-bond donors (Lipinski definition) is 1. The molecule has 0 aliphatic carbocycles. The third-order valence-electron chi connectivity index (χ3n) is 2.62. The van der Waals surface area contributed by atoms with Gasteiger partial charge in [0.1, 0.15) is 6.26 Å². The van der Waals surface area contributed by atoms with Crippen LogP contribution >= 0.6 is 11.8 Å². The van der Waals surface area contributed by atoms with E-state index in [4.69, 9.17) is 9.15 Å². The molecule has 102 valence electrons. The van der Waals surface area contributed by atoms with E-state index >= 15 is 0 Å². The highest BCUT2D eigenvalue weighted by molar-refractivity contribution is 7.99. The lowest BCUT2D eigenvalue weighted by Gasteiger charge is -2.10. The fourth-order valence-electron chi connectivity index (χ4n) is 1.70. The summed E-state index contributed by atoms with van der Waals surface area (Å²) >= 11 is 1.54. The molecule has 0 amide bonds. The molecule has 0 aliphatic heterocycles. The van der Waals surface area contributed by atoms with E-state index in [-0.39, 0.29) is 0 Å². The van der Waals surface area contributed by atoms with Crippen LogP contribution in [0.15, 0.2) is 45.2 Å². The van der Waals surface area contributed by atoms with Crippen molar-refractivity contribution < 1.29 is 9.15 Å². The lowest BCUT2D eigenvalue weighted by molar-refractivity contribution is 0.199. The third kappa shape index (κ3) is 4.38. The van der Waals surface area contributed by atoms with Crippen LogP contribution in [0.4, 0.5) is 0 Å². The van der Waals surface area contributed by atoms with Crippen molar-refractivity contribution in [2.45, 2.75) is 23.6 Å². The lowest BCUT2D eigenvalue weighted by Crippen LogP contribution is -2.19. The summed E-state index contributed by atoms with van der Waals surface area (Å²) in [5, 5.41) is 4.03. The van der Waals surface area contributed by atoms with Gasteiger partial charge in [0.2, 0.25) is 0 Å². The second-order valence-electron chi connectivity index (χ2n) is 4.18. The van der Waals surface area contributed by atoms with Crippen LogP contribution in [0.3, 0.4) is 0 Å². The number of methoxy groups -OCH3 is 1. The van der Waals surface area contributed by atoms with Crippen molar-refractivity contribution in [3.8, 4) is 0 Å². The van der Waals surface area contributed by atoms with E-state index in [0.29, 0.717) is 11.8 Å². The number of benzene rings is 1. The minimum absolute atomic E-state index is 0.669. The highest BCUT2D eigenvalue weighted by Gasteiger charge is 2.07. The summed E-state index contributed by atoms with van der Waals surface area (Å²) in [4.78, 5) is 5.31. The number of ether oxygens (including phenoxy) is 1.